The molecule has 1 aromatic rings. The van der Waals surface area contributed by atoms with E-state index in [0.717, 1.165) is 11.1 Å². The SMILES string of the molecule is [CH-]=C(C)c1ccccc1. The predicted molar refractivity (Wildman–Crippen MR) is 39.8 cm³/mol. The molecule has 9 heavy (non-hydrogen) atoms. The largest absolute Gasteiger partial charge is 0.289 e. The lowest BCUT2D eigenvalue weighted by Gasteiger charge is -2.06. The highest BCUT2D eigenvalue weighted by Gasteiger charge is 1.75. The lowest BCUT2D eigenvalue weighted by molar-refractivity contribution is 1.58. The molecule has 0 unspecified atom stereocenters. The van der Waals surface area contributed by atoms with E-state index >= 15 is 0 Å². The van der Waals surface area contributed by atoms with Gasteiger partial charge in [-0.2, -0.15) is 5.56 Å². The summed E-state index contributed by atoms with van der Waals surface area (Å²) in [6.45, 7) is 7.43. The first kappa shape index (κ1) is 6.09. The third-order valence-electron chi connectivity index (χ3n) is 1.23. The second-order valence-corrected chi connectivity index (χ2v) is 2.05. The van der Waals surface area contributed by atoms with Crippen molar-refractivity contribution in [2.24, 2.45) is 0 Å². The van der Waals surface area contributed by atoms with Crippen LogP contribution in [0.5, 0.6) is 0 Å². The summed E-state index contributed by atoms with van der Waals surface area (Å²) in [4.78, 5) is 0. The molecule has 0 bridgehead atoms. The molecular weight excluding hydrogens is 108 g/mol. The summed E-state index contributed by atoms with van der Waals surface area (Å²) in [6.07, 6.45) is 0. The van der Waals surface area contributed by atoms with Crippen LogP contribution in [0.1, 0.15) is 12.5 Å². The van der Waals surface area contributed by atoms with Crippen LogP contribution in [0.4, 0.5) is 0 Å². The summed E-state index contributed by atoms with van der Waals surface area (Å²) in [7, 11) is 0. The second kappa shape index (κ2) is 2.49. The first-order valence-electron chi connectivity index (χ1n) is 2.95. The molecule has 0 fully saturated rings. The maximum absolute atomic E-state index is 5.53. The molecule has 0 aromatic heterocycles. The Morgan fingerprint density at radius 2 is 1.78 bits per heavy atom. The van der Waals surface area contributed by atoms with E-state index in [1.54, 1.807) is 0 Å². The third-order valence-corrected chi connectivity index (χ3v) is 1.23. The van der Waals surface area contributed by atoms with Gasteiger partial charge in [0.1, 0.15) is 0 Å². The van der Waals surface area contributed by atoms with Gasteiger partial charge in [-0.3, -0.25) is 6.58 Å². The van der Waals surface area contributed by atoms with Crippen LogP contribution in [0.15, 0.2) is 30.3 Å². The minimum absolute atomic E-state index is 0.871. The summed E-state index contributed by atoms with van der Waals surface area (Å²) >= 11 is 0. The zero-order chi connectivity index (χ0) is 6.69. The quantitative estimate of drug-likeness (QED) is 0.496. The number of hydrogen-bond donors (Lipinski definition) is 0. The van der Waals surface area contributed by atoms with Crippen molar-refractivity contribution < 1.29 is 0 Å². The summed E-state index contributed by atoms with van der Waals surface area (Å²) in [6, 6.07) is 9.93. The molecule has 0 radical (unpaired) electrons. The van der Waals surface area contributed by atoms with Crippen LogP contribution in [-0.4, -0.2) is 0 Å². The van der Waals surface area contributed by atoms with Gasteiger partial charge in [0.2, 0.25) is 0 Å². The molecule has 0 aliphatic carbocycles. The van der Waals surface area contributed by atoms with Gasteiger partial charge in [-0.05, 0) is 0 Å². The predicted octanol–water partition coefficient (Wildman–Crippen LogP) is 2.52. The highest BCUT2D eigenvalue weighted by atomic mass is 13.9. The van der Waals surface area contributed by atoms with Crippen molar-refractivity contribution >= 4 is 5.57 Å². The van der Waals surface area contributed by atoms with Gasteiger partial charge in [-0.1, -0.05) is 25.1 Å². The average molecular weight is 117 g/mol. The van der Waals surface area contributed by atoms with Crippen LogP contribution in [0.3, 0.4) is 0 Å². The Kier molecular flexibility index (Phi) is 1.69. The van der Waals surface area contributed by atoms with E-state index in [1.165, 1.54) is 0 Å². The fraction of sp³-hybridized carbons (Fsp3) is 0.111. The first-order valence-corrected chi connectivity index (χ1v) is 2.95. The molecule has 0 saturated heterocycles. The number of benzene rings is 1. The summed E-state index contributed by atoms with van der Waals surface area (Å²) < 4.78 is 0. The van der Waals surface area contributed by atoms with Crippen LogP contribution < -0.4 is 0 Å². The molecule has 1 rings (SSSR count). The molecule has 0 heterocycles. The molecule has 0 nitrogen and oxygen atoms in total. The Bertz CT molecular complexity index is 197. The van der Waals surface area contributed by atoms with E-state index in [4.69, 9.17) is 6.58 Å². The van der Waals surface area contributed by atoms with Gasteiger partial charge in [0.05, 0.1) is 0 Å². The van der Waals surface area contributed by atoms with Gasteiger partial charge in [0.15, 0.2) is 0 Å². The van der Waals surface area contributed by atoms with Crippen molar-refractivity contribution in [1.82, 2.24) is 0 Å². The van der Waals surface area contributed by atoms with Gasteiger partial charge in [0.25, 0.3) is 0 Å². The Hall–Kier alpha value is -1.04. The molecule has 0 saturated carbocycles. The van der Waals surface area contributed by atoms with Gasteiger partial charge < -0.3 is 0 Å². The molecule has 1 aromatic carbocycles. The van der Waals surface area contributed by atoms with E-state index in [9.17, 15) is 0 Å². The molecule has 0 spiro atoms. The number of rotatable bonds is 1. The molecule has 0 atom stereocenters. The molecular formula is C9H9-. The number of hydrogen-bond acceptors (Lipinski definition) is 0. The standard InChI is InChI=1S/C9H9/c1-8(2)9-6-4-3-5-7-9/h1,3-7H,2H3/q-1. The molecule has 0 amide bonds. The second-order valence-electron chi connectivity index (χ2n) is 2.05. The van der Waals surface area contributed by atoms with Crippen molar-refractivity contribution in [3.8, 4) is 0 Å². The lowest BCUT2D eigenvalue weighted by atomic mass is 10.1. The van der Waals surface area contributed by atoms with E-state index in [1.807, 2.05) is 37.3 Å². The van der Waals surface area contributed by atoms with Gasteiger partial charge >= 0.3 is 0 Å². The van der Waals surface area contributed by atoms with E-state index < -0.39 is 0 Å². The highest BCUT2D eigenvalue weighted by Crippen LogP contribution is 2.08. The molecule has 46 valence electrons. The Morgan fingerprint density at radius 1 is 1.22 bits per heavy atom. The minimum Gasteiger partial charge on any atom is -0.289 e. The van der Waals surface area contributed by atoms with Crippen LogP contribution in [0.25, 0.3) is 5.57 Å². The van der Waals surface area contributed by atoms with Crippen molar-refractivity contribution in [3.63, 3.8) is 0 Å². The van der Waals surface area contributed by atoms with Crippen LogP contribution in [-0.2, 0) is 0 Å². The van der Waals surface area contributed by atoms with Gasteiger partial charge in [0, 0.05) is 0 Å². The molecule has 0 aliphatic heterocycles. The van der Waals surface area contributed by atoms with Crippen molar-refractivity contribution in [3.05, 3.63) is 42.5 Å². The maximum Gasteiger partial charge on any atom is -0.0653 e. The molecule has 0 heteroatoms. The van der Waals surface area contributed by atoms with E-state index in [2.05, 4.69) is 0 Å². The van der Waals surface area contributed by atoms with E-state index in [0.29, 0.717) is 0 Å². The van der Waals surface area contributed by atoms with Crippen molar-refractivity contribution in [1.29, 1.82) is 0 Å². The van der Waals surface area contributed by atoms with Gasteiger partial charge in [-0.25, -0.2) is 5.57 Å². The minimum atomic E-state index is 0.871. The normalized spacial score (nSPS) is 9.00. The Balaban J connectivity index is 2.98. The monoisotopic (exact) mass is 117 g/mol. The zero-order valence-corrected chi connectivity index (χ0v) is 5.46. The van der Waals surface area contributed by atoms with Crippen LogP contribution in [0, 0.1) is 6.58 Å². The fourth-order valence-corrected chi connectivity index (χ4v) is 0.701. The summed E-state index contributed by atoms with van der Waals surface area (Å²) in [5.41, 5.74) is 1.98. The van der Waals surface area contributed by atoms with Crippen molar-refractivity contribution in [2.75, 3.05) is 0 Å². The van der Waals surface area contributed by atoms with Crippen molar-refractivity contribution in [2.45, 2.75) is 6.92 Å². The average Bonchev–Trinajstić information content (AvgIpc) is 1.90. The molecule has 0 N–H and O–H groups in total. The lowest BCUT2D eigenvalue weighted by Crippen LogP contribution is -1.72. The maximum atomic E-state index is 5.53. The zero-order valence-electron chi connectivity index (χ0n) is 5.46. The summed E-state index contributed by atoms with van der Waals surface area (Å²) in [5, 5.41) is 0. The van der Waals surface area contributed by atoms with Crippen LogP contribution >= 0.6 is 0 Å². The first-order chi connectivity index (χ1) is 4.30. The fourth-order valence-electron chi connectivity index (χ4n) is 0.701. The highest BCUT2D eigenvalue weighted by molar-refractivity contribution is 5.59. The molecule has 0 aliphatic rings. The summed E-state index contributed by atoms with van der Waals surface area (Å²) in [5.74, 6) is 0. The topological polar surface area (TPSA) is 0 Å². The Labute approximate surface area is 55.8 Å². The third kappa shape index (κ3) is 1.43. The number of allylic oxidation sites excluding steroid dienone is 1. The Morgan fingerprint density at radius 3 is 2.11 bits per heavy atom. The van der Waals surface area contributed by atoms with Gasteiger partial charge in [-0.15, -0.1) is 12.1 Å². The van der Waals surface area contributed by atoms with E-state index in [-0.39, 0.29) is 0 Å². The smallest absolute Gasteiger partial charge is 0.0653 e. The van der Waals surface area contributed by atoms with Crippen LogP contribution in [0.2, 0.25) is 0 Å².